The first-order chi connectivity index (χ1) is 14.5. The van der Waals surface area contributed by atoms with Gasteiger partial charge in [-0.25, -0.2) is 15.0 Å². The molecule has 7 heteroatoms. The molecule has 5 aliphatic rings. The number of aromatic nitrogens is 2. The molecule has 4 aliphatic carbocycles. The minimum Gasteiger partial charge on any atom is -0.493 e. The van der Waals surface area contributed by atoms with Crippen molar-refractivity contribution < 1.29 is 9.84 Å². The number of ether oxygens (including phenoxy) is 1. The standard InChI is InChI=1S/C23H27N5O2/c1-28-20(29)19(7-14-3-4-17-18(6-14)25-13-24-17)26-21(28)27-22-8-15-5-16(9-22)11-23(10-15,12-22)30-2/h3-4,6-7,13,15-16,29H,5,8-12H2,1-2H3,(H,26,27). The lowest BCUT2D eigenvalue weighted by molar-refractivity contribution is -0.148. The van der Waals surface area contributed by atoms with Crippen molar-refractivity contribution in [2.24, 2.45) is 28.9 Å². The molecule has 0 radical (unpaired) electrons. The zero-order valence-corrected chi connectivity index (χ0v) is 17.4. The summed E-state index contributed by atoms with van der Waals surface area (Å²) in [5.41, 5.74) is 1.42. The summed E-state index contributed by atoms with van der Waals surface area (Å²) in [4.78, 5) is 13.2. The van der Waals surface area contributed by atoms with Crippen molar-refractivity contribution in [2.75, 3.05) is 12.4 Å². The Balaban J connectivity index is 1.34. The minimum absolute atomic E-state index is 0.00665. The minimum atomic E-state index is 0.00665. The maximum absolute atomic E-state index is 10.7. The van der Waals surface area contributed by atoms with Gasteiger partial charge in [-0.3, -0.25) is 4.57 Å². The van der Waals surface area contributed by atoms with E-state index in [0.717, 1.165) is 53.3 Å². The van der Waals surface area contributed by atoms with Crippen LogP contribution in [-0.4, -0.2) is 39.2 Å². The highest BCUT2D eigenvalue weighted by Gasteiger charge is 2.58. The maximum atomic E-state index is 10.7. The second-order valence-electron chi connectivity index (χ2n) is 9.72. The van der Waals surface area contributed by atoms with Crippen LogP contribution in [0.1, 0.15) is 44.2 Å². The van der Waals surface area contributed by atoms with Crippen molar-refractivity contribution in [1.82, 2.24) is 9.55 Å². The van der Waals surface area contributed by atoms with E-state index >= 15 is 0 Å². The molecular formula is C23H27N5O2. The van der Waals surface area contributed by atoms with Crippen LogP contribution in [0.15, 0.2) is 28.2 Å². The number of methoxy groups -OCH3 is 1. The number of hydrogen-bond donors (Lipinski definition) is 2. The molecule has 30 heavy (non-hydrogen) atoms. The van der Waals surface area contributed by atoms with Crippen molar-refractivity contribution in [2.45, 2.75) is 49.7 Å². The Bertz CT molecular complexity index is 1170. The Morgan fingerprint density at radius 3 is 2.80 bits per heavy atom. The van der Waals surface area contributed by atoms with E-state index in [1.807, 2.05) is 38.4 Å². The molecule has 7 nitrogen and oxygen atoms in total. The molecule has 0 spiro atoms. The van der Waals surface area contributed by atoms with Crippen LogP contribution in [0.25, 0.3) is 6.08 Å². The summed E-state index contributed by atoms with van der Waals surface area (Å²) >= 11 is 0. The first-order valence-corrected chi connectivity index (χ1v) is 10.8. The van der Waals surface area contributed by atoms with E-state index in [9.17, 15) is 5.11 Å². The van der Waals surface area contributed by atoms with Gasteiger partial charge in [0.15, 0.2) is 0 Å². The number of anilines is 1. The molecule has 1 aliphatic heterocycles. The Kier molecular flexibility index (Phi) is 3.73. The van der Waals surface area contributed by atoms with E-state index < -0.39 is 0 Å². The Hall–Kier alpha value is -2.67. The predicted molar refractivity (Wildman–Crippen MR) is 115 cm³/mol. The molecule has 2 N–H and O–H groups in total. The van der Waals surface area contributed by atoms with Crippen LogP contribution >= 0.6 is 0 Å². The van der Waals surface area contributed by atoms with Gasteiger partial charge in [-0.1, -0.05) is 6.07 Å². The summed E-state index contributed by atoms with van der Waals surface area (Å²) in [5.74, 6) is 2.32. The summed E-state index contributed by atoms with van der Waals surface area (Å²) in [6.07, 6.45) is 10.5. The second kappa shape index (κ2) is 6.17. The topological polar surface area (TPSA) is 84.0 Å². The van der Waals surface area contributed by atoms with Gasteiger partial charge in [0, 0.05) is 19.7 Å². The number of imidazole rings is 1. The van der Waals surface area contributed by atoms with Gasteiger partial charge in [0.25, 0.3) is 0 Å². The van der Waals surface area contributed by atoms with Gasteiger partial charge in [-0.15, -0.1) is 0 Å². The van der Waals surface area contributed by atoms with E-state index in [-0.39, 0.29) is 17.0 Å². The molecule has 1 aromatic carbocycles. The summed E-state index contributed by atoms with van der Waals surface area (Å²) in [6, 6.07) is 5.87. The average Bonchev–Trinajstić information content (AvgIpc) is 3.27. The average molecular weight is 406 g/mol. The maximum Gasteiger partial charge on any atom is 0.220 e. The number of aliphatic imine (C=N–C) groups is 1. The van der Waals surface area contributed by atoms with E-state index in [2.05, 4.69) is 15.3 Å². The molecule has 2 unspecified atom stereocenters. The third-order valence-corrected chi connectivity index (χ3v) is 7.60. The Labute approximate surface area is 175 Å². The smallest absolute Gasteiger partial charge is 0.220 e. The number of aromatic hydroxyl groups is 1. The lowest BCUT2D eigenvalue weighted by Crippen LogP contribution is -2.62. The normalized spacial score (nSPS) is 33.7. The summed E-state index contributed by atoms with van der Waals surface area (Å²) in [6.45, 7) is 0. The van der Waals surface area contributed by atoms with Gasteiger partial charge >= 0.3 is 0 Å². The molecule has 4 saturated carbocycles. The number of fused-ring (bicyclic) bond motifs is 1. The molecule has 4 bridgehead atoms. The summed E-state index contributed by atoms with van der Waals surface area (Å²) < 4.78 is 7.80. The van der Waals surface area contributed by atoms with Gasteiger partial charge in [-0.2, -0.15) is 0 Å². The van der Waals surface area contributed by atoms with Crippen LogP contribution in [0.4, 0.5) is 11.6 Å². The van der Waals surface area contributed by atoms with Crippen LogP contribution in [0, 0.1) is 11.8 Å². The fourth-order valence-electron chi connectivity index (χ4n) is 6.67. The first-order valence-electron chi connectivity index (χ1n) is 10.8. The number of benzene rings is 1. The number of hydrogen-bond acceptors (Lipinski definition) is 6. The van der Waals surface area contributed by atoms with Crippen molar-refractivity contribution >= 4 is 24.1 Å². The van der Waals surface area contributed by atoms with Crippen LogP contribution < -0.4 is 15.9 Å². The largest absolute Gasteiger partial charge is 0.493 e. The zero-order chi connectivity index (χ0) is 20.5. The van der Waals surface area contributed by atoms with E-state index in [4.69, 9.17) is 9.72 Å². The first kappa shape index (κ1) is 18.1. The molecule has 156 valence electrons. The van der Waals surface area contributed by atoms with Gasteiger partial charge in [0.1, 0.15) is 12.0 Å². The molecule has 0 amide bonds. The molecule has 7 rings (SSSR count). The van der Waals surface area contributed by atoms with Crippen molar-refractivity contribution in [3.8, 4) is 5.88 Å². The van der Waals surface area contributed by atoms with E-state index in [0.29, 0.717) is 5.69 Å². The summed E-state index contributed by atoms with van der Waals surface area (Å²) in [5, 5.41) is 16.3. The molecule has 0 saturated heterocycles. The lowest BCUT2D eigenvalue weighted by atomic mass is 9.51. The van der Waals surface area contributed by atoms with E-state index in [1.165, 1.54) is 19.3 Å². The predicted octanol–water partition coefficient (Wildman–Crippen LogP) is 2.40. The third-order valence-electron chi connectivity index (χ3n) is 7.60. The van der Waals surface area contributed by atoms with Crippen molar-refractivity contribution in [1.29, 1.82) is 0 Å². The van der Waals surface area contributed by atoms with E-state index in [1.54, 1.807) is 10.9 Å². The highest BCUT2D eigenvalue weighted by molar-refractivity contribution is 5.67. The van der Waals surface area contributed by atoms with Gasteiger partial charge < -0.3 is 15.2 Å². The highest BCUT2D eigenvalue weighted by atomic mass is 16.5. The monoisotopic (exact) mass is 405 g/mol. The molecule has 2 heterocycles. The number of rotatable bonds is 4. The van der Waals surface area contributed by atoms with Crippen LogP contribution in [0.5, 0.6) is 5.88 Å². The van der Waals surface area contributed by atoms with Crippen molar-refractivity contribution in [3.05, 3.63) is 34.5 Å². The summed E-state index contributed by atoms with van der Waals surface area (Å²) in [7, 11) is 3.73. The van der Waals surface area contributed by atoms with Gasteiger partial charge in [0.05, 0.1) is 16.6 Å². The van der Waals surface area contributed by atoms with Crippen LogP contribution in [0.2, 0.25) is 0 Å². The second-order valence-corrected chi connectivity index (χ2v) is 9.72. The quantitative estimate of drug-likeness (QED) is 0.818. The molecule has 1 aromatic heterocycles. The molecular weight excluding hydrogens is 378 g/mol. The number of nitrogens with zero attached hydrogens (tertiary/aromatic N) is 4. The van der Waals surface area contributed by atoms with Crippen molar-refractivity contribution in [3.63, 3.8) is 0 Å². The lowest BCUT2D eigenvalue weighted by Gasteiger charge is -2.61. The van der Waals surface area contributed by atoms with Gasteiger partial charge in [0.2, 0.25) is 11.8 Å². The molecule has 2 aromatic rings. The van der Waals surface area contributed by atoms with Crippen LogP contribution in [-0.2, 0) is 11.8 Å². The Morgan fingerprint density at radius 2 is 2.03 bits per heavy atom. The van der Waals surface area contributed by atoms with Gasteiger partial charge in [-0.05, 0) is 73.8 Å². The molecule has 2 atom stereocenters. The fourth-order valence-corrected chi connectivity index (χ4v) is 6.67. The third kappa shape index (κ3) is 2.71. The molecule has 4 fully saturated rings. The fraction of sp³-hybridized carbons (Fsp3) is 0.522. The Morgan fingerprint density at radius 1 is 1.23 bits per heavy atom. The highest BCUT2D eigenvalue weighted by Crippen LogP contribution is 2.59. The number of nitrogens with one attached hydrogen (secondary N) is 1. The zero-order valence-electron chi connectivity index (χ0n) is 17.4. The SMILES string of the molecule is COC12CC3CC(CC(Nc4nc(C=c5ccc6c(c5)N=CN=6)c(O)n4C)(C3)C1)C2. The van der Waals surface area contributed by atoms with Crippen LogP contribution in [0.3, 0.4) is 0 Å².